The van der Waals surface area contributed by atoms with Gasteiger partial charge >= 0.3 is 5.97 Å². The summed E-state index contributed by atoms with van der Waals surface area (Å²) in [5.41, 5.74) is 9.01. The van der Waals surface area contributed by atoms with Gasteiger partial charge in [-0.3, -0.25) is 19.4 Å². The summed E-state index contributed by atoms with van der Waals surface area (Å²) < 4.78 is 5.67. The summed E-state index contributed by atoms with van der Waals surface area (Å²) >= 11 is 1.35. The van der Waals surface area contributed by atoms with E-state index in [1.54, 1.807) is 24.3 Å². The number of anilines is 1. The van der Waals surface area contributed by atoms with Gasteiger partial charge in [-0.25, -0.2) is 4.79 Å². The van der Waals surface area contributed by atoms with Crippen molar-refractivity contribution in [3.05, 3.63) is 87.3 Å². The van der Waals surface area contributed by atoms with E-state index in [1.807, 2.05) is 39.0 Å². The van der Waals surface area contributed by atoms with E-state index >= 15 is 0 Å². The van der Waals surface area contributed by atoms with E-state index in [0.717, 1.165) is 16.0 Å². The molecule has 0 saturated carbocycles. The van der Waals surface area contributed by atoms with Crippen LogP contribution in [0.3, 0.4) is 0 Å². The van der Waals surface area contributed by atoms with Crippen LogP contribution in [0.1, 0.15) is 86.9 Å². The fraction of sp³-hybridized carbons (Fsp3) is 0.345. The summed E-state index contributed by atoms with van der Waals surface area (Å²) in [4.78, 5) is 44.2. The van der Waals surface area contributed by atoms with Gasteiger partial charge in [0.25, 0.3) is 11.8 Å². The number of nitrogens with zero attached hydrogens (tertiary/aromatic N) is 2. The lowest BCUT2D eigenvalue weighted by atomic mass is 9.93. The normalized spacial score (nSPS) is 18.5. The number of ether oxygens (including phenoxy) is 1. The summed E-state index contributed by atoms with van der Waals surface area (Å²) in [6.07, 6.45) is 0.618. The van der Waals surface area contributed by atoms with E-state index in [4.69, 9.17) is 10.5 Å². The zero-order valence-electron chi connectivity index (χ0n) is 21.5. The van der Waals surface area contributed by atoms with Crippen molar-refractivity contribution in [3.8, 4) is 0 Å². The smallest absolute Gasteiger partial charge is 0.341 e. The molecule has 0 saturated heterocycles. The largest absolute Gasteiger partial charge is 0.456 e. The van der Waals surface area contributed by atoms with Gasteiger partial charge in [0.2, 0.25) is 0 Å². The number of fused-ring (bicyclic) bond motifs is 2. The predicted octanol–water partition coefficient (Wildman–Crippen LogP) is 5.24. The molecule has 0 spiro atoms. The number of carbonyl (C=O) groups is 3. The van der Waals surface area contributed by atoms with Crippen LogP contribution in [0, 0.1) is 0 Å². The highest BCUT2D eigenvalue weighted by molar-refractivity contribution is 7.16. The molecule has 0 aliphatic carbocycles. The third-order valence-electron chi connectivity index (χ3n) is 7.00. The maximum atomic E-state index is 13.3. The highest BCUT2D eigenvalue weighted by Crippen LogP contribution is 2.45. The van der Waals surface area contributed by atoms with E-state index in [-0.39, 0.29) is 30.4 Å². The number of hydrogen-bond acceptors (Lipinski definition) is 7. The first-order valence-corrected chi connectivity index (χ1v) is 13.3. The van der Waals surface area contributed by atoms with Crippen LogP contribution in [-0.2, 0) is 11.2 Å². The molecule has 2 aliphatic rings. The van der Waals surface area contributed by atoms with Gasteiger partial charge in [0.1, 0.15) is 10.6 Å². The molecule has 8 heteroatoms. The quantitative estimate of drug-likeness (QED) is 0.367. The van der Waals surface area contributed by atoms with Crippen LogP contribution in [-0.4, -0.2) is 46.3 Å². The highest BCUT2D eigenvalue weighted by atomic mass is 32.1. The van der Waals surface area contributed by atoms with Crippen molar-refractivity contribution in [1.82, 2.24) is 9.80 Å². The van der Waals surface area contributed by atoms with Crippen molar-refractivity contribution in [2.24, 2.45) is 0 Å². The van der Waals surface area contributed by atoms with Crippen LogP contribution < -0.4 is 5.73 Å². The molecule has 2 atom stereocenters. The molecule has 0 fully saturated rings. The van der Waals surface area contributed by atoms with Crippen molar-refractivity contribution in [2.75, 3.05) is 18.8 Å². The van der Waals surface area contributed by atoms with Crippen molar-refractivity contribution in [2.45, 2.75) is 51.8 Å². The number of esters is 1. The van der Waals surface area contributed by atoms with E-state index in [9.17, 15) is 14.4 Å². The minimum absolute atomic E-state index is 0.0165. The molecule has 2 amide bonds. The van der Waals surface area contributed by atoms with Gasteiger partial charge in [0, 0.05) is 24.0 Å². The van der Waals surface area contributed by atoms with Gasteiger partial charge in [-0.05, 0) is 57.4 Å². The molecular weight excluding hydrogens is 486 g/mol. The van der Waals surface area contributed by atoms with Gasteiger partial charge < -0.3 is 10.5 Å². The molecule has 5 rings (SSSR count). The van der Waals surface area contributed by atoms with Crippen LogP contribution in [0.4, 0.5) is 5.00 Å². The first kappa shape index (κ1) is 25.2. The summed E-state index contributed by atoms with van der Waals surface area (Å²) in [5.74, 6) is -1.03. The van der Waals surface area contributed by atoms with Gasteiger partial charge in [-0.15, -0.1) is 11.3 Å². The number of amides is 2. The highest BCUT2D eigenvalue weighted by Gasteiger charge is 2.42. The lowest BCUT2D eigenvalue weighted by Gasteiger charge is -2.41. The standard InChI is InChI=1S/C29H31N3O4S/c1-17(18-10-6-5-7-11-18)31-15-14-21-23(28(35)36-29(2,3)4)25(30)37-24(21)22(31)16-32-26(33)19-12-8-9-13-20(19)27(32)34/h5-13,17,22H,14-16,30H2,1-4H3/t17-,22+/m0/s1. The maximum absolute atomic E-state index is 13.3. The van der Waals surface area contributed by atoms with Crippen LogP contribution in [0.15, 0.2) is 54.6 Å². The summed E-state index contributed by atoms with van der Waals surface area (Å²) in [6.45, 7) is 8.42. The van der Waals surface area contributed by atoms with E-state index < -0.39 is 11.6 Å². The van der Waals surface area contributed by atoms with Gasteiger partial charge in [-0.2, -0.15) is 0 Å². The zero-order chi connectivity index (χ0) is 26.5. The Morgan fingerprint density at radius 1 is 1.05 bits per heavy atom. The lowest BCUT2D eigenvalue weighted by molar-refractivity contribution is 0.00678. The van der Waals surface area contributed by atoms with Crippen LogP contribution in [0.25, 0.3) is 0 Å². The second-order valence-corrected chi connectivity index (χ2v) is 11.6. The Labute approximate surface area is 220 Å². The summed E-state index contributed by atoms with van der Waals surface area (Å²) in [6, 6.07) is 16.8. The SMILES string of the molecule is C[C@@H](c1ccccc1)N1CCc2c(sc(N)c2C(=O)OC(C)(C)C)[C@H]1CN1C(=O)c2ccccc2C1=O. The van der Waals surface area contributed by atoms with E-state index in [2.05, 4.69) is 24.0 Å². The number of thiophene rings is 1. The predicted molar refractivity (Wildman–Crippen MR) is 144 cm³/mol. The molecule has 7 nitrogen and oxygen atoms in total. The Kier molecular flexibility index (Phi) is 6.41. The van der Waals surface area contributed by atoms with E-state index in [1.165, 1.54) is 16.2 Å². The molecule has 2 aliphatic heterocycles. The summed E-state index contributed by atoms with van der Waals surface area (Å²) in [5, 5.41) is 0.404. The number of hydrogen-bond donors (Lipinski definition) is 1. The monoisotopic (exact) mass is 517 g/mol. The molecule has 3 aromatic rings. The Morgan fingerprint density at radius 2 is 1.65 bits per heavy atom. The van der Waals surface area contributed by atoms with Crippen LogP contribution in [0.5, 0.6) is 0 Å². The minimum atomic E-state index is -0.652. The van der Waals surface area contributed by atoms with Gasteiger partial charge in [0.05, 0.1) is 22.7 Å². The number of rotatable bonds is 5. The number of carbonyl (C=O) groups excluding carboxylic acids is 3. The lowest BCUT2D eigenvalue weighted by Crippen LogP contribution is -2.44. The van der Waals surface area contributed by atoms with Gasteiger partial charge in [0.15, 0.2) is 0 Å². The molecule has 0 bridgehead atoms. The second kappa shape index (κ2) is 9.43. The fourth-order valence-corrected chi connectivity index (χ4v) is 6.49. The fourth-order valence-electron chi connectivity index (χ4n) is 5.27. The van der Waals surface area contributed by atoms with Crippen molar-refractivity contribution in [3.63, 3.8) is 0 Å². The molecule has 2 N–H and O–H groups in total. The third kappa shape index (κ3) is 4.55. The van der Waals surface area contributed by atoms with Crippen LogP contribution >= 0.6 is 11.3 Å². The molecule has 3 heterocycles. The molecule has 192 valence electrons. The van der Waals surface area contributed by atoms with Crippen molar-refractivity contribution >= 4 is 34.1 Å². The Morgan fingerprint density at radius 3 is 2.24 bits per heavy atom. The first-order valence-electron chi connectivity index (χ1n) is 12.5. The maximum Gasteiger partial charge on any atom is 0.341 e. The average Bonchev–Trinajstić information content (AvgIpc) is 3.32. The molecule has 2 aromatic carbocycles. The van der Waals surface area contributed by atoms with Crippen LogP contribution in [0.2, 0.25) is 0 Å². The Bertz CT molecular complexity index is 1340. The number of benzene rings is 2. The third-order valence-corrected chi connectivity index (χ3v) is 8.17. The van der Waals surface area contributed by atoms with Crippen molar-refractivity contribution < 1.29 is 19.1 Å². The zero-order valence-corrected chi connectivity index (χ0v) is 22.3. The average molecular weight is 518 g/mol. The Balaban J connectivity index is 1.55. The molecule has 1 aromatic heterocycles. The first-order chi connectivity index (χ1) is 17.6. The summed E-state index contributed by atoms with van der Waals surface area (Å²) in [7, 11) is 0. The number of imide groups is 1. The second-order valence-electron chi connectivity index (χ2n) is 10.5. The molecule has 0 radical (unpaired) electrons. The number of nitrogen functional groups attached to an aromatic ring is 1. The molecular formula is C29H31N3O4S. The topological polar surface area (TPSA) is 92.9 Å². The minimum Gasteiger partial charge on any atom is -0.456 e. The molecule has 37 heavy (non-hydrogen) atoms. The van der Waals surface area contributed by atoms with E-state index in [0.29, 0.717) is 34.7 Å². The van der Waals surface area contributed by atoms with Gasteiger partial charge in [-0.1, -0.05) is 42.5 Å². The number of nitrogens with two attached hydrogens (primary N) is 1. The molecule has 0 unspecified atom stereocenters. The Hall–Kier alpha value is -3.49. The van der Waals surface area contributed by atoms with Crippen molar-refractivity contribution in [1.29, 1.82) is 0 Å².